The molecule has 1 unspecified atom stereocenters. The van der Waals surface area contributed by atoms with Crippen LogP contribution in [0.25, 0.3) is 0 Å². The molecule has 1 atom stereocenters. The number of alkyl carbamates (subject to hydrolysis) is 1. The van der Waals surface area contributed by atoms with Crippen LogP contribution in [0, 0.1) is 5.92 Å². The van der Waals surface area contributed by atoms with Gasteiger partial charge in [-0.25, -0.2) is 9.59 Å². The number of aliphatic hydroxyl groups excluding tert-OH is 1. The van der Waals surface area contributed by atoms with Gasteiger partial charge >= 0.3 is 12.1 Å². The predicted molar refractivity (Wildman–Crippen MR) is 73.1 cm³/mol. The van der Waals surface area contributed by atoms with Crippen LogP contribution in [0.2, 0.25) is 0 Å². The lowest BCUT2D eigenvalue weighted by atomic mass is 9.82. The van der Waals surface area contributed by atoms with Crippen LogP contribution in [0.15, 0.2) is 0 Å². The fourth-order valence-electron chi connectivity index (χ4n) is 2.37. The summed E-state index contributed by atoms with van der Waals surface area (Å²) >= 11 is 0. The van der Waals surface area contributed by atoms with Crippen molar-refractivity contribution in [3.63, 3.8) is 0 Å². The van der Waals surface area contributed by atoms with Crippen molar-refractivity contribution >= 4 is 12.1 Å². The van der Waals surface area contributed by atoms with Crippen LogP contribution in [0.4, 0.5) is 4.79 Å². The average molecular weight is 287 g/mol. The largest absolute Gasteiger partial charge is 0.467 e. The molecule has 0 aliphatic heterocycles. The molecule has 0 aromatic carbocycles. The third kappa shape index (κ3) is 5.36. The second-order valence-electron chi connectivity index (χ2n) is 6.22. The maximum Gasteiger partial charge on any atom is 0.408 e. The highest BCUT2D eigenvalue weighted by molar-refractivity contribution is 5.81. The molecule has 1 saturated carbocycles. The van der Waals surface area contributed by atoms with Gasteiger partial charge in [-0.05, 0) is 52.4 Å². The van der Waals surface area contributed by atoms with Gasteiger partial charge in [-0.1, -0.05) is 0 Å². The van der Waals surface area contributed by atoms with Crippen LogP contribution in [-0.2, 0) is 14.3 Å². The highest BCUT2D eigenvalue weighted by atomic mass is 16.6. The molecule has 2 N–H and O–H groups in total. The number of esters is 1. The number of nitrogens with one attached hydrogen (secondary N) is 1. The fraction of sp³-hybridized carbons (Fsp3) is 0.857. The molecule has 1 rings (SSSR count). The summed E-state index contributed by atoms with van der Waals surface area (Å²) in [6, 6.07) is -0.720. The molecule has 0 radical (unpaired) electrons. The Morgan fingerprint density at radius 1 is 1.20 bits per heavy atom. The van der Waals surface area contributed by atoms with Crippen molar-refractivity contribution in [3.8, 4) is 0 Å². The maximum absolute atomic E-state index is 11.8. The molecular formula is C14H25NO5. The first-order valence-corrected chi connectivity index (χ1v) is 6.98. The summed E-state index contributed by atoms with van der Waals surface area (Å²) in [5.41, 5.74) is -0.618. The van der Waals surface area contributed by atoms with Crippen molar-refractivity contribution in [1.82, 2.24) is 5.32 Å². The summed E-state index contributed by atoms with van der Waals surface area (Å²) in [6.07, 6.45) is 1.68. The van der Waals surface area contributed by atoms with Gasteiger partial charge < -0.3 is 19.9 Å². The Kier molecular flexibility index (Phi) is 5.80. The second kappa shape index (κ2) is 6.92. The summed E-state index contributed by atoms with van der Waals surface area (Å²) < 4.78 is 9.92. The number of hydrogen-bond acceptors (Lipinski definition) is 5. The van der Waals surface area contributed by atoms with Gasteiger partial charge in [0.05, 0.1) is 13.2 Å². The quantitative estimate of drug-likeness (QED) is 0.770. The lowest BCUT2D eigenvalue weighted by Gasteiger charge is -2.31. The van der Waals surface area contributed by atoms with E-state index in [2.05, 4.69) is 5.32 Å². The topological polar surface area (TPSA) is 84.9 Å². The molecule has 0 spiro atoms. The molecule has 1 aliphatic carbocycles. The number of methoxy groups -OCH3 is 1. The number of ether oxygens (including phenoxy) is 2. The Morgan fingerprint density at radius 3 is 2.20 bits per heavy atom. The number of rotatable bonds is 3. The number of amides is 1. The lowest BCUT2D eigenvalue weighted by Crippen LogP contribution is -2.49. The minimum absolute atomic E-state index is 0.0293. The van der Waals surface area contributed by atoms with Crippen LogP contribution < -0.4 is 5.32 Å². The monoisotopic (exact) mass is 287 g/mol. The average Bonchev–Trinajstić information content (AvgIpc) is 2.34. The minimum Gasteiger partial charge on any atom is -0.467 e. The lowest BCUT2D eigenvalue weighted by molar-refractivity contribution is -0.145. The Hall–Kier alpha value is -1.30. The van der Waals surface area contributed by atoms with E-state index < -0.39 is 23.7 Å². The van der Waals surface area contributed by atoms with E-state index in [-0.39, 0.29) is 12.0 Å². The molecule has 1 fully saturated rings. The Morgan fingerprint density at radius 2 is 1.75 bits per heavy atom. The molecule has 0 heterocycles. The SMILES string of the molecule is COC(=O)C(NC(=O)OC(C)(C)C)C1CCC(O)CC1. The molecular weight excluding hydrogens is 262 g/mol. The van der Waals surface area contributed by atoms with E-state index in [0.717, 1.165) is 0 Å². The number of hydrogen-bond donors (Lipinski definition) is 2. The van der Waals surface area contributed by atoms with Crippen LogP contribution in [0.5, 0.6) is 0 Å². The van der Waals surface area contributed by atoms with Crippen molar-refractivity contribution in [2.24, 2.45) is 5.92 Å². The van der Waals surface area contributed by atoms with Crippen LogP contribution in [-0.4, -0.2) is 42.0 Å². The van der Waals surface area contributed by atoms with Crippen molar-refractivity contribution in [2.45, 2.75) is 64.2 Å². The first kappa shape index (κ1) is 16.8. The smallest absolute Gasteiger partial charge is 0.408 e. The summed E-state index contributed by atoms with van der Waals surface area (Å²) in [7, 11) is 1.30. The number of aliphatic hydroxyl groups is 1. The van der Waals surface area contributed by atoms with Gasteiger partial charge in [-0.15, -0.1) is 0 Å². The zero-order valence-electron chi connectivity index (χ0n) is 12.6. The van der Waals surface area contributed by atoms with Gasteiger partial charge in [-0.2, -0.15) is 0 Å². The van der Waals surface area contributed by atoms with E-state index >= 15 is 0 Å². The minimum atomic E-state index is -0.720. The summed E-state index contributed by atoms with van der Waals surface area (Å²) in [4.78, 5) is 23.6. The normalized spacial score (nSPS) is 24.6. The fourth-order valence-corrected chi connectivity index (χ4v) is 2.37. The standard InChI is InChI=1S/C14H25NO5/c1-14(2,3)20-13(18)15-11(12(17)19-4)9-5-7-10(16)8-6-9/h9-11,16H,5-8H2,1-4H3,(H,15,18). The molecule has 6 nitrogen and oxygen atoms in total. The van der Waals surface area contributed by atoms with E-state index in [1.54, 1.807) is 20.8 Å². The molecule has 116 valence electrons. The molecule has 1 aliphatic rings. The van der Waals surface area contributed by atoms with E-state index in [0.29, 0.717) is 25.7 Å². The second-order valence-corrected chi connectivity index (χ2v) is 6.22. The van der Waals surface area contributed by atoms with Crippen molar-refractivity contribution in [2.75, 3.05) is 7.11 Å². The zero-order valence-corrected chi connectivity index (χ0v) is 12.6. The Bertz CT molecular complexity index is 342. The molecule has 6 heteroatoms. The van der Waals surface area contributed by atoms with Gasteiger partial charge in [-0.3, -0.25) is 0 Å². The van der Waals surface area contributed by atoms with E-state index in [9.17, 15) is 14.7 Å². The zero-order chi connectivity index (χ0) is 15.3. The third-order valence-electron chi connectivity index (χ3n) is 3.34. The van der Waals surface area contributed by atoms with Gasteiger partial charge in [0.1, 0.15) is 11.6 Å². The van der Waals surface area contributed by atoms with Crippen molar-refractivity contribution in [3.05, 3.63) is 0 Å². The predicted octanol–water partition coefficient (Wildman–Crippen LogP) is 1.60. The first-order chi connectivity index (χ1) is 9.23. The Labute approximate surface area is 119 Å². The molecule has 1 amide bonds. The summed E-state index contributed by atoms with van der Waals surface area (Å²) in [5.74, 6) is -0.504. The molecule has 0 aromatic heterocycles. The molecule has 0 bridgehead atoms. The van der Waals surface area contributed by atoms with Crippen molar-refractivity contribution in [1.29, 1.82) is 0 Å². The molecule has 0 aromatic rings. The summed E-state index contributed by atoms with van der Waals surface area (Å²) in [5, 5.41) is 12.1. The third-order valence-corrected chi connectivity index (χ3v) is 3.34. The Balaban J connectivity index is 2.65. The van der Waals surface area contributed by atoms with Crippen molar-refractivity contribution < 1.29 is 24.2 Å². The molecule has 20 heavy (non-hydrogen) atoms. The highest BCUT2D eigenvalue weighted by Gasteiger charge is 2.34. The van der Waals surface area contributed by atoms with E-state index in [1.165, 1.54) is 7.11 Å². The van der Waals surface area contributed by atoms with Gasteiger partial charge in [0.2, 0.25) is 0 Å². The number of carbonyl (C=O) groups is 2. The number of carbonyl (C=O) groups excluding carboxylic acids is 2. The van der Waals surface area contributed by atoms with Crippen LogP contribution in [0.1, 0.15) is 46.5 Å². The molecule has 0 saturated heterocycles. The van der Waals surface area contributed by atoms with Crippen LogP contribution >= 0.6 is 0 Å². The van der Waals surface area contributed by atoms with Gasteiger partial charge in [0.25, 0.3) is 0 Å². The maximum atomic E-state index is 11.8. The first-order valence-electron chi connectivity index (χ1n) is 6.98. The highest BCUT2D eigenvalue weighted by Crippen LogP contribution is 2.27. The summed E-state index contributed by atoms with van der Waals surface area (Å²) in [6.45, 7) is 5.28. The van der Waals surface area contributed by atoms with Gasteiger partial charge in [0.15, 0.2) is 0 Å². The van der Waals surface area contributed by atoms with Crippen LogP contribution in [0.3, 0.4) is 0 Å². The van der Waals surface area contributed by atoms with Gasteiger partial charge in [0, 0.05) is 0 Å². The van der Waals surface area contributed by atoms with E-state index in [1.807, 2.05) is 0 Å². The van der Waals surface area contributed by atoms with E-state index in [4.69, 9.17) is 9.47 Å².